The molecule has 0 saturated carbocycles. The molecule has 1 amide bonds. The average Bonchev–Trinajstić information content (AvgIpc) is 3.40. The van der Waals surface area contributed by atoms with Gasteiger partial charge in [0.15, 0.2) is 5.58 Å². The molecule has 1 fully saturated rings. The monoisotopic (exact) mass is 393 g/mol. The Balaban J connectivity index is 1.40. The zero-order valence-electron chi connectivity index (χ0n) is 16.5. The molecule has 7 heteroatoms. The molecule has 3 aromatic rings. The molecule has 0 radical (unpaired) electrons. The third-order valence-electron chi connectivity index (χ3n) is 6.13. The molecule has 2 aliphatic heterocycles. The van der Waals surface area contributed by atoms with E-state index in [0.29, 0.717) is 17.6 Å². The summed E-state index contributed by atoms with van der Waals surface area (Å²) >= 11 is 0. The molecule has 1 N–H and O–H groups in total. The zero-order valence-corrected chi connectivity index (χ0v) is 16.5. The van der Waals surface area contributed by atoms with Gasteiger partial charge in [-0.05, 0) is 54.8 Å². The van der Waals surface area contributed by atoms with Gasteiger partial charge in [0.25, 0.3) is 5.91 Å². The van der Waals surface area contributed by atoms with Gasteiger partial charge in [0, 0.05) is 38.0 Å². The van der Waals surface area contributed by atoms with Gasteiger partial charge in [0.1, 0.15) is 0 Å². The number of anilines is 1. The maximum absolute atomic E-state index is 13.0. The Labute approximate surface area is 167 Å². The van der Waals surface area contributed by atoms with Crippen LogP contribution in [0.25, 0.3) is 11.1 Å². The fraction of sp³-hybridized carbons (Fsp3) is 0.364. The van der Waals surface area contributed by atoms with Crippen molar-refractivity contribution in [1.29, 1.82) is 0 Å². The van der Waals surface area contributed by atoms with Crippen LogP contribution in [0.2, 0.25) is 0 Å². The number of nitrogens with one attached hydrogen (secondary N) is 1. The van der Waals surface area contributed by atoms with E-state index in [9.17, 15) is 9.59 Å². The predicted molar refractivity (Wildman–Crippen MR) is 109 cm³/mol. The lowest BCUT2D eigenvalue weighted by atomic mass is 10.0. The second-order valence-corrected chi connectivity index (χ2v) is 7.82. The van der Waals surface area contributed by atoms with Gasteiger partial charge in [-0.15, -0.1) is 0 Å². The van der Waals surface area contributed by atoms with E-state index in [1.54, 1.807) is 7.11 Å². The second kappa shape index (κ2) is 6.77. The Bertz CT molecular complexity index is 1150. The van der Waals surface area contributed by atoms with Crippen LogP contribution in [-0.4, -0.2) is 42.1 Å². The summed E-state index contributed by atoms with van der Waals surface area (Å²) in [7, 11) is 1.76. The first kappa shape index (κ1) is 18.0. The van der Waals surface area contributed by atoms with Crippen LogP contribution in [0.4, 0.5) is 5.69 Å². The van der Waals surface area contributed by atoms with Crippen molar-refractivity contribution in [3.05, 3.63) is 63.6 Å². The summed E-state index contributed by atoms with van der Waals surface area (Å²) in [6.07, 6.45) is 1.29. The van der Waals surface area contributed by atoms with E-state index in [2.05, 4.69) is 22.9 Å². The van der Waals surface area contributed by atoms with Gasteiger partial charge >= 0.3 is 5.76 Å². The fourth-order valence-corrected chi connectivity index (χ4v) is 4.43. The van der Waals surface area contributed by atoms with E-state index in [0.717, 1.165) is 41.9 Å². The Morgan fingerprint density at radius 2 is 2.07 bits per heavy atom. The molecule has 1 aromatic heterocycles. The first-order valence-electron chi connectivity index (χ1n) is 9.88. The van der Waals surface area contributed by atoms with Crippen LogP contribution in [-0.2, 0) is 11.3 Å². The third kappa shape index (κ3) is 3.02. The lowest BCUT2D eigenvalue weighted by molar-refractivity contribution is 0.0723. The molecular weight excluding hydrogens is 370 g/mol. The van der Waals surface area contributed by atoms with E-state index in [1.807, 2.05) is 35.2 Å². The zero-order chi connectivity index (χ0) is 20.1. The number of H-pyrrole nitrogens is 1. The molecule has 2 aliphatic rings. The van der Waals surface area contributed by atoms with E-state index < -0.39 is 5.76 Å². The first-order valence-corrected chi connectivity index (χ1v) is 9.88. The number of rotatable bonds is 4. The Morgan fingerprint density at radius 1 is 1.21 bits per heavy atom. The van der Waals surface area contributed by atoms with Gasteiger partial charge in [0.2, 0.25) is 0 Å². The summed E-state index contributed by atoms with van der Waals surface area (Å²) in [6.45, 7) is 4.36. The largest absolute Gasteiger partial charge is 0.417 e. The van der Waals surface area contributed by atoms with Gasteiger partial charge in [0.05, 0.1) is 17.7 Å². The molecule has 1 saturated heterocycles. The topological polar surface area (TPSA) is 78.8 Å². The maximum Gasteiger partial charge on any atom is 0.417 e. The van der Waals surface area contributed by atoms with Crippen molar-refractivity contribution in [3.8, 4) is 0 Å². The summed E-state index contributed by atoms with van der Waals surface area (Å²) in [5, 5.41) is 0. The van der Waals surface area contributed by atoms with Gasteiger partial charge in [-0.2, -0.15) is 0 Å². The molecule has 150 valence electrons. The summed E-state index contributed by atoms with van der Waals surface area (Å²) in [5.74, 6) is -0.439. The van der Waals surface area contributed by atoms with Crippen molar-refractivity contribution in [2.24, 2.45) is 0 Å². The van der Waals surface area contributed by atoms with Crippen molar-refractivity contribution >= 4 is 22.7 Å². The highest BCUT2D eigenvalue weighted by atomic mass is 16.5. The Hall–Kier alpha value is -3.06. The number of oxazole rings is 1. The number of carbonyl (C=O) groups is 1. The number of hydrogen-bond acceptors (Lipinski definition) is 5. The third-order valence-corrected chi connectivity index (χ3v) is 6.13. The maximum atomic E-state index is 13.0. The van der Waals surface area contributed by atoms with Crippen molar-refractivity contribution < 1.29 is 13.9 Å². The molecule has 29 heavy (non-hydrogen) atoms. The molecule has 2 unspecified atom stereocenters. The summed E-state index contributed by atoms with van der Waals surface area (Å²) in [5.41, 5.74) is 5.05. The molecule has 0 spiro atoms. The van der Waals surface area contributed by atoms with Crippen molar-refractivity contribution in [2.75, 3.05) is 25.1 Å². The normalized spacial score (nSPS) is 21.4. The Kier molecular flexibility index (Phi) is 4.20. The van der Waals surface area contributed by atoms with Gasteiger partial charge in [-0.25, -0.2) is 4.79 Å². The number of nitrogens with zero attached hydrogens (tertiary/aromatic N) is 2. The van der Waals surface area contributed by atoms with Crippen molar-refractivity contribution in [2.45, 2.75) is 32.0 Å². The highest BCUT2D eigenvalue weighted by Crippen LogP contribution is 2.37. The van der Waals surface area contributed by atoms with E-state index in [1.165, 1.54) is 0 Å². The molecule has 0 aliphatic carbocycles. The summed E-state index contributed by atoms with van der Waals surface area (Å²) < 4.78 is 10.6. The summed E-state index contributed by atoms with van der Waals surface area (Å²) in [4.78, 5) is 31.2. The predicted octanol–water partition coefficient (Wildman–Crippen LogP) is 3.06. The Morgan fingerprint density at radius 3 is 2.86 bits per heavy atom. The minimum atomic E-state index is -0.472. The van der Waals surface area contributed by atoms with Gasteiger partial charge < -0.3 is 19.0 Å². The van der Waals surface area contributed by atoms with E-state index in [-0.39, 0.29) is 18.1 Å². The number of aromatic amines is 1. The molecule has 7 nitrogen and oxygen atoms in total. The number of fused-ring (bicyclic) bond motifs is 2. The van der Waals surface area contributed by atoms with Crippen LogP contribution in [0.5, 0.6) is 0 Å². The minimum Gasteiger partial charge on any atom is -0.408 e. The molecule has 0 bridgehead atoms. The van der Waals surface area contributed by atoms with Gasteiger partial charge in [-0.3, -0.25) is 9.78 Å². The number of methoxy groups -OCH3 is 1. The average molecular weight is 393 g/mol. The lowest BCUT2D eigenvalue weighted by Crippen LogP contribution is -2.26. The smallest absolute Gasteiger partial charge is 0.408 e. The quantitative estimate of drug-likeness (QED) is 0.737. The molecule has 2 aromatic carbocycles. The highest BCUT2D eigenvalue weighted by molar-refractivity contribution is 5.99. The number of ether oxygens (including phenoxy) is 1. The second-order valence-electron chi connectivity index (χ2n) is 7.82. The number of benzene rings is 2. The van der Waals surface area contributed by atoms with Crippen LogP contribution in [0.15, 0.2) is 45.6 Å². The van der Waals surface area contributed by atoms with Crippen LogP contribution >= 0.6 is 0 Å². The van der Waals surface area contributed by atoms with Crippen LogP contribution < -0.4 is 10.7 Å². The summed E-state index contributed by atoms with van der Waals surface area (Å²) in [6, 6.07) is 11.6. The molecule has 3 heterocycles. The van der Waals surface area contributed by atoms with E-state index >= 15 is 0 Å². The standard InChI is InChI=1S/C22H23N3O4/c1-13-18-10-15(24-8-7-16(12-24)28-2)4-5-17(18)21(26)25(13)11-14-3-6-19-20(9-14)29-22(27)23-19/h3-6,9-10,13,16H,7-8,11-12H2,1-2H3,(H,23,27). The highest BCUT2D eigenvalue weighted by Gasteiger charge is 2.35. The fourth-order valence-electron chi connectivity index (χ4n) is 4.43. The minimum absolute atomic E-state index is 0.0211. The SMILES string of the molecule is COC1CCN(c2ccc3c(c2)C(C)N(Cc2ccc4[nH]c(=O)oc4c2)C3=O)C1. The number of carbonyl (C=O) groups excluding carboxylic acids is 1. The van der Waals surface area contributed by atoms with Crippen LogP contribution in [0, 0.1) is 0 Å². The number of aromatic nitrogens is 1. The molecule has 5 rings (SSSR count). The molecule has 2 atom stereocenters. The molecular formula is C22H23N3O4. The lowest BCUT2D eigenvalue weighted by Gasteiger charge is -2.23. The van der Waals surface area contributed by atoms with Crippen molar-refractivity contribution in [3.63, 3.8) is 0 Å². The number of hydrogen-bond donors (Lipinski definition) is 1. The number of amides is 1. The van der Waals surface area contributed by atoms with Gasteiger partial charge in [-0.1, -0.05) is 6.07 Å². The first-order chi connectivity index (χ1) is 14.0. The van der Waals surface area contributed by atoms with E-state index in [4.69, 9.17) is 9.15 Å². The van der Waals surface area contributed by atoms with Crippen LogP contribution in [0.3, 0.4) is 0 Å². The van der Waals surface area contributed by atoms with Crippen molar-refractivity contribution in [1.82, 2.24) is 9.88 Å². The van der Waals surface area contributed by atoms with Crippen LogP contribution in [0.1, 0.15) is 40.9 Å².